The summed E-state index contributed by atoms with van der Waals surface area (Å²) >= 11 is 4.23. The fraction of sp³-hybridized carbons (Fsp3) is 0.571. The second kappa shape index (κ2) is 15.5. The van der Waals surface area contributed by atoms with Crippen LogP contribution >= 0.6 is 22.5 Å². The number of aliphatic hydroxyl groups excluding tert-OH is 1. The van der Waals surface area contributed by atoms with Gasteiger partial charge in [-0.25, -0.2) is 0 Å². The maximum atomic E-state index is 12.5. The second-order valence-electron chi connectivity index (χ2n) is 9.78. The van der Waals surface area contributed by atoms with Crippen LogP contribution in [-0.2, 0) is 9.53 Å². The van der Waals surface area contributed by atoms with Crippen LogP contribution in [-0.4, -0.2) is 40.5 Å². The van der Waals surface area contributed by atoms with Crippen LogP contribution in [0.15, 0.2) is 54.6 Å². The fourth-order valence-electron chi connectivity index (χ4n) is 4.32. The molecule has 0 radical (unpaired) electrons. The number of ether oxygens (including phenoxy) is 1. The topological polar surface area (TPSA) is 75.6 Å². The predicted octanol–water partition coefficient (Wildman–Crippen LogP) is 6.15. The van der Waals surface area contributed by atoms with Crippen LogP contribution in [0, 0.1) is 11.8 Å². The molecule has 4 atom stereocenters. The first kappa shape index (κ1) is 29.7. The van der Waals surface area contributed by atoms with Crippen molar-refractivity contribution < 1.29 is 19.4 Å². The lowest BCUT2D eigenvalue weighted by molar-refractivity contribution is -0.119. The molecule has 35 heavy (non-hydrogen) atoms. The van der Waals surface area contributed by atoms with Gasteiger partial charge in [-0.1, -0.05) is 60.2 Å². The van der Waals surface area contributed by atoms with Gasteiger partial charge < -0.3 is 9.84 Å². The van der Waals surface area contributed by atoms with Crippen molar-refractivity contribution in [3.63, 3.8) is 0 Å². The zero-order valence-corrected chi connectivity index (χ0v) is 22.9. The van der Waals surface area contributed by atoms with Gasteiger partial charge in [-0.15, -0.1) is 11.7 Å². The standard InChI is InChI=1S/C28H41NO4S2/c1-4-20-33-28(2,3)19-11-14-21-17-18-24(30)23(21)15-9-6-10-16-25(35-34)27(32)29-26(31)22-12-7-5-8-13-22/h5-9,11-14,21,23-25,30,34H,4,10,15-20H2,1-3H3,(H,29,31,32)/b9-6-,14-11+/t21-,23+,24-,25?/m0/s1. The quantitative estimate of drug-likeness (QED) is 0.156. The van der Waals surface area contributed by atoms with Crippen LogP contribution in [0.5, 0.6) is 0 Å². The maximum absolute atomic E-state index is 12.5. The normalized spacial score (nSPS) is 21.6. The summed E-state index contributed by atoms with van der Waals surface area (Å²) in [5.74, 6) is -0.140. The zero-order valence-electron chi connectivity index (χ0n) is 21.2. The van der Waals surface area contributed by atoms with E-state index in [0.29, 0.717) is 24.3 Å². The van der Waals surface area contributed by atoms with Gasteiger partial charge in [-0.3, -0.25) is 14.9 Å². The Bertz CT molecular complexity index is 841. The minimum atomic E-state index is -0.415. The summed E-state index contributed by atoms with van der Waals surface area (Å²) in [5.41, 5.74) is 0.290. The molecule has 1 aromatic carbocycles. The van der Waals surface area contributed by atoms with Crippen LogP contribution in [0.2, 0.25) is 0 Å². The lowest BCUT2D eigenvalue weighted by atomic mass is 9.90. The van der Waals surface area contributed by atoms with Gasteiger partial charge in [0.1, 0.15) is 0 Å². The van der Waals surface area contributed by atoms with Crippen molar-refractivity contribution in [1.29, 1.82) is 0 Å². The number of nitrogens with one attached hydrogen (secondary N) is 1. The summed E-state index contributed by atoms with van der Waals surface area (Å²) in [4.78, 5) is 24.7. The van der Waals surface area contributed by atoms with Crippen LogP contribution in [0.25, 0.3) is 0 Å². The molecule has 2 N–H and O–H groups in total. The molecule has 1 saturated carbocycles. The first-order valence-electron chi connectivity index (χ1n) is 12.6. The Morgan fingerprint density at radius 3 is 2.66 bits per heavy atom. The number of allylic oxidation sites excluding steroid dienone is 3. The first-order valence-corrected chi connectivity index (χ1v) is 14.5. The highest BCUT2D eigenvalue weighted by Gasteiger charge is 2.32. The summed E-state index contributed by atoms with van der Waals surface area (Å²) in [5, 5.41) is 12.5. The highest BCUT2D eigenvalue weighted by Crippen LogP contribution is 2.36. The number of aliphatic hydroxyl groups is 1. The molecule has 0 aliphatic heterocycles. The van der Waals surface area contributed by atoms with Gasteiger partial charge in [0.2, 0.25) is 5.91 Å². The van der Waals surface area contributed by atoms with Gasteiger partial charge in [0.05, 0.1) is 17.0 Å². The van der Waals surface area contributed by atoms with Gasteiger partial charge in [-0.2, -0.15) is 0 Å². The van der Waals surface area contributed by atoms with E-state index in [1.165, 1.54) is 0 Å². The first-order chi connectivity index (χ1) is 16.8. The molecule has 1 unspecified atom stereocenters. The van der Waals surface area contributed by atoms with Crippen LogP contribution < -0.4 is 5.32 Å². The van der Waals surface area contributed by atoms with Gasteiger partial charge in [0.15, 0.2) is 0 Å². The summed E-state index contributed by atoms with van der Waals surface area (Å²) in [6.07, 6.45) is 14.2. The maximum Gasteiger partial charge on any atom is 0.257 e. The van der Waals surface area contributed by atoms with E-state index in [4.69, 9.17) is 4.74 Å². The smallest absolute Gasteiger partial charge is 0.257 e. The van der Waals surface area contributed by atoms with Crippen molar-refractivity contribution in [2.24, 2.45) is 11.8 Å². The summed E-state index contributed by atoms with van der Waals surface area (Å²) in [6, 6.07) is 8.70. The molecule has 0 bridgehead atoms. The summed E-state index contributed by atoms with van der Waals surface area (Å²) < 4.78 is 5.91. The summed E-state index contributed by atoms with van der Waals surface area (Å²) in [6.45, 7) is 7.12. The Morgan fingerprint density at radius 2 is 1.97 bits per heavy atom. The van der Waals surface area contributed by atoms with E-state index in [1.807, 2.05) is 6.07 Å². The molecule has 1 fully saturated rings. The monoisotopic (exact) mass is 519 g/mol. The number of hydrogen-bond donors (Lipinski definition) is 3. The van der Waals surface area contributed by atoms with Gasteiger partial charge >= 0.3 is 0 Å². The molecule has 0 saturated heterocycles. The number of benzene rings is 1. The Balaban J connectivity index is 1.78. The lowest BCUT2D eigenvalue weighted by Crippen LogP contribution is -2.36. The van der Waals surface area contributed by atoms with Crippen molar-refractivity contribution in [2.75, 3.05) is 6.61 Å². The average molecular weight is 520 g/mol. The van der Waals surface area contributed by atoms with Crippen molar-refractivity contribution in [1.82, 2.24) is 5.32 Å². The Kier molecular flexibility index (Phi) is 13.2. The molecule has 194 valence electrons. The SMILES string of the molecule is CCCOC(C)(C)C/C=C/[C@H]1CC[C@H](O)[C@@H]1C/C=C\CCC(SS)C(=O)NC(=O)c1ccccc1. The second-order valence-corrected chi connectivity index (χ2v) is 11.2. The Morgan fingerprint density at radius 1 is 1.23 bits per heavy atom. The van der Waals surface area contributed by atoms with Crippen LogP contribution in [0.4, 0.5) is 0 Å². The fourth-order valence-corrected chi connectivity index (χ4v) is 5.32. The van der Waals surface area contributed by atoms with Crippen molar-refractivity contribution in [2.45, 2.75) is 82.7 Å². The van der Waals surface area contributed by atoms with Crippen LogP contribution in [0.3, 0.4) is 0 Å². The van der Waals surface area contributed by atoms with E-state index in [0.717, 1.165) is 49.5 Å². The number of amides is 2. The highest BCUT2D eigenvalue weighted by molar-refractivity contribution is 8.69. The van der Waals surface area contributed by atoms with E-state index in [-0.39, 0.29) is 23.5 Å². The lowest BCUT2D eigenvalue weighted by Gasteiger charge is -2.24. The number of hydrogen-bond acceptors (Lipinski definition) is 6. The molecule has 1 aromatic rings. The summed E-state index contributed by atoms with van der Waals surface area (Å²) in [7, 11) is 1.15. The molecule has 1 aliphatic rings. The Hall–Kier alpha value is -1.54. The van der Waals surface area contributed by atoms with E-state index in [1.54, 1.807) is 24.3 Å². The van der Waals surface area contributed by atoms with Gasteiger partial charge in [0, 0.05) is 12.2 Å². The minimum Gasteiger partial charge on any atom is -0.393 e. The average Bonchev–Trinajstić information content (AvgIpc) is 3.19. The third-order valence-corrected chi connectivity index (χ3v) is 7.86. The Labute approximate surface area is 220 Å². The minimum absolute atomic E-state index is 0.168. The van der Waals surface area contributed by atoms with E-state index < -0.39 is 11.2 Å². The van der Waals surface area contributed by atoms with Gasteiger partial charge in [0.25, 0.3) is 5.91 Å². The van der Waals surface area contributed by atoms with Gasteiger partial charge in [-0.05, 0) is 82.8 Å². The number of imide groups is 1. The molecular formula is C28H41NO4S2. The number of thiol groups is 1. The molecule has 0 heterocycles. The number of carbonyl (C=O) groups is 2. The van der Waals surface area contributed by atoms with E-state index >= 15 is 0 Å². The van der Waals surface area contributed by atoms with E-state index in [2.05, 4.69) is 62.1 Å². The molecule has 2 rings (SSSR count). The number of rotatable bonds is 14. The van der Waals surface area contributed by atoms with E-state index in [9.17, 15) is 14.7 Å². The molecule has 2 amide bonds. The van der Waals surface area contributed by atoms with Crippen molar-refractivity contribution in [3.8, 4) is 0 Å². The predicted molar refractivity (Wildman–Crippen MR) is 149 cm³/mol. The molecule has 0 spiro atoms. The molecule has 5 nitrogen and oxygen atoms in total. The van der Waals surface area contributed by atoms with Crippen molar-refractivity contribution in [3.05, 3.63) is 60.2 Å². The highest BCUT2D eigenvalue weighted by atomic mass is 33.1. The number of carbonyl (C=O) groups excluding carboxylic acids is 2. The largest absolute Gasteiger partial charge is 0.393 e. The molecular weight excluding hydrogens is 478 g/mol. The molecule has 7 heteroatoms. The van der Waals surface area contributed by atoms with Crippen LogP contribution in [0.1, 0.15) is 76.1 Å². The third-order valence-electron chi connectivity index (χ3n) is 6.39. The molecule has 1 aliphatic carbocycles. The molecule has 0 aromatic heterocycles. The zero-order chi connectivity index (χ0) is 25.7. The van der Waals surface area contributed by atoms with Crippen molar-refractivity contribution >= 4 is 34.3 Å². The third kappa shape index (κ3) is 10.5.